The van der Waals surface area contributed by atoms with E-state index in [1.165, 1.54) is 7.11 Å². The number of benzene rings is 2. The molecule has 1 aliphatic heterocycles. The van der Waals surface area contributed by atoms with Crippen molar-refractivity contribution in [2.24, 2.45) is 11.3 Å². The van der Waals surface area contributed by atoms with Gasteiger partial charge in [0.25, 0.3) is 0 Å². The third kappa shape index (κ3) is 7.42. The Morgan fingerprint density at radius 2 is 1.12 bits per heavy atom. The molecule has 0 fully saturated rings. The first-order valence-electron chi connectivity index (χ1n) is 16.8. The van der Waals surface area contributed by atoms with Gasteiger partial charge in [-0.1, -0.05) is 26.8 Å². The van der Waals surface area contributed by atoms with Crippen LogP contribution in [-0.2, 0) is 10.2 Å². The summed E-state index contributed by atoms with van der Waals surface area (Å²) in [6.45, 7) is 12.2. The van der Waals surface area contributed by atoms with Crippen LogP contribution in [-0.4, -0.2) is 42.7 Å². The van der Waals surface area contributed by atoms with Gasteiger partial charge in [-0.3, -0.25) is 9.59 Å². The fraction of sp³-hybridized carbons (Fsp3) is 0.357. The van der Waals surface area contributed by atoms with E-state index in [9.17, 15) is 9.59 Å². The zero-order valence-electron chi connectivity index (χ0n) is 31.9. The molecular formula is C42H47O10+. The van der Waals surface area contributed by atoms with Gasteiger partial charge >= 0.3 is 11.5 Å². The van der Waals surface area contributed by atoms with Gasteiger partial charge in [0.1, 0.15) is 11.5 Å². The highest BCUT2D eigenvalue weighted by Crippen LogP contribution is 2.44. The van der Waals surface area contributed by atoms with Crippen molar-refractivity contribution < 1.29 is 37.6 Å². The quantitative estimate of drug-likeness (QED) is 0.172. The minimum absolute atomic E-state index is 0.0917. The van der Waals surface area contributed by atoms with Crippen LogP contribution >= 0.6 is 0 Å². The molecule has 0 amide bonds. The van der Waals surface area contributed by atoms with Crippen molar-refractivity contribution >= 4 is 17.9 Å². The van der Waals surface area contributed by atoms with Crippen molar-refractivity contribution in [3.63, 3.8) is 0 Å². The molecule has 10 nitrogen and oxygen atoms in total. The Bertz CT molecular complexity index is 2170. The van der Waals surface area contributed by atoms with Crippen molar-refractivity contribution in [2.45, 2.75) is 47.0 Å². The minimum atomic E-state index is -0.406. The normalized spacial score (nSPS) is 14.5. The molecule has 0 N–H and O–H groups in total. The Hall–Kier alpha value is -5.51. The second-order valence-corrected chi connectivity index (χ2v) is 14.5. The van der Waals surface area contributed by atoms with Gasteiger partial charge in [-0.25, -0.2) is 4.42 Å². The summed E-state index contributed by atoms with van der Waals surface area (Å²) in [5.74, 6) is 4.76. The molecule has 3 aromatic carbocycles. The second kappa shape index (κ2) is 14.6. The van der Waals surface area contributed by atoms with Crippen LogP contribution in [0.25, 0.3) is 29.2 Å². The molecule has 1 aromatic heterocycles. The summed E-state index contributed by atoms with van der Waals surface area (Å²) in [6.07, 6.45) is 7.10. The SMILES string of the molecule is COc1cc(C2=CC(C=c3c(=O)c(=Cc4cc(-c5cc(OC)c(OC)c(OC)c5)[o+]c(C(C)(C)C)c4)c3=O)C=C(C(C)(C)C)O2)cc(OC)c1OC. The van der Waals surface area contributed by atoms with Crippen LogP contribution in [0, 0.1) is 11.3 Å². The first-order valence-corrected chi connectivity index (χ1v) is 16.8. The Kier molecular flexibility index (Phi) is 10.6. The highest BCUT2D eigenvalue weighted by atomic mass is 16.5. The van der Waals surface area contributed by atoms with Crippen molar-refractivity contribution in [3.05, 3.63) is 102 Å². The Balaban J connectivity index is 1.62. The summed E-state index contributed by atoms with van der Waals surface area (Å²) in [5, 5.41) is 0.207. The molecule has 0 spiro atoms. The lowest BCUT2D eigenvalue weighted by atomic mass is 9.88. The Morgan fingerprint density at radius 3 is 1.56 bits per heavy atom. The van der Waals surface area contributed by atoms with E-state index in [2.05, 4.69) is 0 Å². The van der Waals surface area contributed by atoms with Crippen LogP contribution in [0.5, 0.6) is 34.5 Å². The average molecular weight is 712 g/mol. The Labute approximate surface area is 303 Å². The van der Waals surface area contributed by atoms with Crippen molar-refractivity contribution in [3.8, 4) is 45.8 Å². The molecule has 5 rings (SSSR count). The van der Waals surface area contributed by atoms with Gasteiger partial charge in [0.05, 0.1) is 70.1 Å². The molecule has 0 saturated carbocycles. The van der Waals surface area contributed by atoms with E-state index in [0.717, 1.165) is 0 Å². The molecule has 2 heterocycles. The minimum Gasteiger partial charge on any atom is -0.493 e. The van der Waals surface area contributed by atoms with Crippen LogP contribution in [0.1, 0.15) is 58.4 Å². The number of rotatable bonds is 10. The number of allylic oxidation sites excluding steroid dienone is 3. The Morgan fingerprint density at radius 1 is 0.615 bits per heavy atom. The third-order valence-electron chi connectivity index (χ3n) is 8.75. The van der Waals surface area contributed by atoms with Crippen LogP contribution in [0.3, 0.4) is 0 Å². The van der Waals surface area contributed by atoms with Crippen molar-refractivity contribution in [2.75, 3.05) is 42.7 Å². The van der Waals surface area contributed by atoms with Gasteiger partial charge in [-0.2, -0.15) is 0 Å². The summed E-state index contributed by atoms with van der Waals surface area (Å²) in [7, 11) is 9.26. The highest BCUT2D eigenvalue weighted by Gasteiger charge is 2.31. The van der Waals surface area contributed by atoms with E-state index in [1.807, 2.05) is 59.8 Å². The molecule has 274 valence electrons. The molecule has 1 atom stereocenters. The summed E-state index contributed by atoms with van der Waals surface area (Å²) >= 11 is 0. The van der Waals surface area contributed by atoms with Gasteiger partial charge in [0.15, 0.2) is 23.0 Å². The molecule has 4 aromatic rings. The lowest BCUT2D eigenvalue weighted by Crippen LogP contribution is -2.64. The zero-order valence-corrected chi connectivity index (χ0v) is 31.9. The van der Waals surface area contributed by atoms with E-state index in [-0.39, 0.29) is 32.1 Å². The molecule has 0 bridgehead atoms. The topological polar surface area (TPSA) is 110 Å². The number of hydrogen-bond acceptors (Lipinski definition) is 9. The summed E-state index contributed by atoms with van der Waals surface area (Å²) in [6, 6.07) is 10.8. The van der Waals surface area contributed by atoms with Gasteiger partial charge < -0.3 is 33.2 Å². The summed E-state index contributed by atoms with van der Waals surface area (Å²) in [5.41, 5.74) is 0.574. The van der Waals surface area contributed by atoms with E-state index >= 15 is 0 Å². The maximum Gasteiger partial charge on any atom is 0.361 e. The molecule has 0 radical (unpaired) electrons. The number of methoxy groups -OCH3 is 6. The van der Waals surface area contributed by atoms with E-state index < -0.39 is 5.92 Å². The first-order chi connectivity index (χ1) is 24.6. The van der Waals surface area contributed by atoms with E-state index in [0.29, 0.717) is 74.2 Å². The molecule has 0 saturated heterocycles. The predicted octanol–water partition coefficient (Wildman–Crippen LogP) is 6.40. The zero-order chi connectivity index (χ0) is 38.1. The van der Waals surface area contributed by atoms with Crippen molar-refractivity contribution in [1.82, 2.24) is 0 Å². The molecule has 52 heavy (non-hydrogen) atoms. The lowest BCUT2D eigenvalue weighted by molar-refractivity contribution is 0.256. The summed E-state index contributed by atoms with van der Waals surface area (Å²) < 4.78 is 46.0. The lowest BCUT2D eigenvalue weighted by Gasteiger charge is -2.29. The predicted molar refractivity (Wildman–Crippen MR) is 202 cm³/mol. The van der Waals surface area contributed by atoms with Crippen LogP contribution in [0.4, 0.5) is 0 Å². The molecule has 1 aliphatic rings. The van der Waals surface area contributed by atoms with Crippen LogP contribution in [0.2, 0.25) is 0 Å². The largest absolute Gasteiger partial charge is 0.493 e. The smallest absolute Gasteiger partial charge is 0.361 e. The molecule has 0 aliphatic carbocycles. The van der Waals surface area contributed by atoms with Crippen molar-refractivity contribution in [1.29, 1.82) is 0 Å². The average Bonchev–Trinajstić information content (AvgIpc) is 3.13. The van der Waals surface area contributed by atoms with Crippen LogP contribution < -0.4 is 49.7 Å². The summed E-state index contributed by atoms with van der Waals surface area (Å²) in [4.78, 5) is 27.3. The maximum absolute atomic E-state index is 13.6. The fourth-order valence-corrected chi connectivity index (χ4v) is 5.88. The highest BCUT2D eigenvalue weighted by molar-refractivity contribution is 5.71. The third-order valence-corrected chi connectivity index (χ3v) is 8.75. The second-order valence-electron chi connectivity index (χ2n) is 14.5. The number of ether oxygens (including phenoxy) is 7. The van der Waals surface area contributed by atoms with E-state index in [4.69, 9.17) is 37.6 Å². The van der Waals surface area contributed by atoms with E-state index in [1.54, 1.807) is 78.0 Å². The number of hydrogen-bond donors (Lipinski definition) is 0. The molecule has 10 heteroatoms. The van der Waals surface area contributed by atoms with Gasteiger partial charge in [0, 0.05) is 35.1 Å². The monoisotopic (exact) mass is 711 g/mol. The van der Waals surface area contributed by atoms with Crippen LogP contribution in [0.15, 0.2) is 68.3 Å². The first kappa shape index (κ1) is 37.7. The maximum atomic E-state index is 13.6. The molecule has 1 unspecified atom stereocenters. The molecular weight excluding hydrogens is 664 g/mol. The van der Waals surface area contributed by atoms with Gasteiger partial charge in [0.2, 0.25) is 22.4 Å². The van der Waals surface area contributed by atoms with Gasteiger partial charge in [-0.05, 0) is 56.7 Å². The fourth-order valence-electron chi connectivity index (χ4n) is 5.88. The van der Waals surface area contributed by atoms with Gasteiger partial charge in [-0.15, -0.1) is 0 Å². The standard InChI is InChI=1S/C42H47O10/c1-41(2,3)35-17-23(15-29(51-35)25-19-31(45-7)39(49-11)32(20-25)46-8)13-27-37(43)28(38(27)44)14-24-16-30(52-36(18-24)42(4,5)6)26-21-33(47-9)40(50-12)34(22-26)48-10/h13-23H,1-12H3/q+1.